The van der Waals surface area contributed by atoms with Crippen LogP contribution in [0.4, 0.5) is 0 Å². The van der Waals surface area contributed by atoms with Gasteiger partial charge in [0, 0.05) is 6.08 Å². The molecular formula is C9H11Cl2NO. The number of hydrogen-bond acceptors (Lipinski definition) is 2. The molecule has 0 radical (unpaired) electrons. The van der Waals surface area contributed by atoms with Crippen LogP contribution >= 0.6 is 23.2 Å². The summed E-state index contributed by atoms with van der Waals surface area (Å²) < 4.78 is 0. The summed E-state index contributed by atoms with van der Waals surface area (Å²) in [5.74, 6) is 0.0415. The number of allylic oxidation sites excluding steroid dienone is 4. The van der Waals surface area contributed by atoms with Gasteiger partial charge in [-0.05, 0) is 19.4 Å². The number of alkyl halides is 1. The highest BCUT2D eigenvalue weighted by Crippen LogP contribution is 2.34. The maximum absolute atomic E-state index is 9.41. The van der Waals surface area contributed by atoms with Gasteiger partial charge < -0.3 is 10.8 Å². The van der Waals surface area contributed by atoms with Crippen molar-refractivity contribution in [2.75, 3.05) is 0 Å². The van der Waals surface area contributed by atoms with Gasteiger partial charge >= 0.3 is 0 Å². The van der Waals surface area contributed by atoms with Crippen LogP contribution in [0.15, 0.2) is 33.7 Å². The van der Waals surface area contributed by atoms with E-state index in [1.165, 1.54) is 6.08 Å². The molecule has 0 spiro atoms. The molecule has 0 bridgehead atoms. The molecule has 3 N–H and O–H groups in total. The number of hydrogen-bond donors (Lipinski definition) is 2. The third kappa shape index (κ3) is 1.84. The highest BCUT2D eigenvalue weighted by atomic mass is 35.5. The van der Waals surface area contributed by atoms with Crippen LogP contribution in [0.25, 0.3) is 0 Å². The van der Waals surface area contributed by atoms with Crippen molar-refractivity contribution in [1.82, 2.24) is 0 Å². The lowest BCUT2D eigenvalue weighted by Crippen LogP contribution is -2.17. The Morgan fingerprint density at radius 3 is 2.54 bits per heavy atom. The summed E-state index contributed by atoms with van der Waals surface area (Å²) in [6, 6.07) is 0. The van der Waals surface area contributed by atoms with Crippen LogP contribution in [0.3, 0.4) is 0 Å². The van der Waals surface area contributed by atoms with Gasteiger partial charge in [-0.25, -0.2) is 0 Å². The number of rotatable bonds is 0. The van der Waals surface area contributed by atoms with Crippen LogP contribution in [-0.2, 0) is 0 Å². The second-order valence-electron chi connectivity index (χ2n) is 3.11. The number of halogens is 2. The Kier molecular flexibility index (Phi) is 2.94. The largest absolute Gasteiger partial charge is 0.510 e. The van der Waals surface area contributed by atoms with E-state index in [0.29, 0.717) is 16.3 Å². The minimum atomic E-state index is -0.579. The highest BCUT2D eigenvalue weighted by Gasteiger charge is 2.25. The normalized spacial score (nSPS) is 23.2. The molecule has 0 aliphatic heterocycles. The predicted octanol–water partition coefficient (Wildman–Crippen LogP) is 2.79. The average molecular weight is 220 g/mol. The van der Waals surface area contributed by atoms with E-state index in [9.17, 15) is 5.11 Å². The zero-order chi connectivity index (χ0) is 10.2. The predicted molar refractivity (Wildman–Crippen MR) is 55.8 cm³/mol. The van der Waals surface area contributed by atoms with Gasteiger partial charge in [-0.2, -0.15) is 0 Å². The van der Waals surface area contributed by atoms with Crippen LogP contribution in [0.5, 0.6) is 0 Å². The second-order valence-corrected chi connectivity index (χ2v) is 3.93. The van der Waals surface area contributed by atoms with E-state index < -0.39 is 5.38 Å². The smallest absolute Gasteiger partial charge is 0.117 e. The SMILES string of the molecule is CC(C)=C1C(Cl)=C(N)C=C(O)C1Cl. The zero-order valence-corrected chi connectivity index (χ0v) is 8.95. The number of aliphatic hydroxyl groups excluding tert-OH is 1. The van der Waals surface area contributed by atoms with Gasteiger partial charge in [0.2, 0.25) is 0 Å². The van der Waals surface area contributed by atoms with E-state index in [4.69, 9.17) is 28.9 Å². The maximum atomic E-state index is 9.41. The van der Waals surface area contributed by atoms with Crippen molar-refractivity contribution in [2.24, 2.45) is 5.73 Å². The van der Waals surface area contributed by atoms with Crippen LogP contribution < -0.4 is 5.73 Å². The Balaban J connectivity index is 3.29. The van der Waals surface area contributed by atoms with Gasteiger partial charge in [-0.15, -0.1) is 11.6 Å². The maximum Gasteiger partial charge on any atom is 0.117 e. The Hall–Kier alpha value is -0.600. The lowest BCUT2D eigenvalue weighted by atomic mass is 9.99. The zero-order valence-electron chi connectivity index (χ0n) is 7.44. The number of nitrogens with two attached hydrogens (primary N) is 1. The second kappa shape index (κ2) is 3.64. The fourth-order valence-corrected chi connectivity index (χ4v) is 1.98. The third-order valence-corrected chi connectivity index (χ3v) is 2.71. The molecular weight excluding hydrogens is 209 g/mol. The highest BCUT2D eigenvalue weighted by molar-refractivity contribution is 6.35. The third-order valence-electron chi connectivity index (χ3n) is 1.85. The van der Waals surface area contributed by atoms with Gasteiger partial charge in [0.05, 0.1) is 10.7 Å². The van der Waals surface area contributed by atoms with E-state index in [1.807, 2.05) is 13.8 Å². The Labute approximate surface area is 87.3 Å². The quantitative estimate of drug-likeness (QED) is 0.616. The standard InChI is InChI=1S/C9H11Cl2NO/c1-4(2)7-8(10)5(12)3-6(13)9(7)11/h3,9,13H,12H2,1-2H3. The van der Waals surface area contributed by atoms with Crippen molar-refractivity contribution in [2.45, 2.75) is 19.2 Å². The van der Waals surface area contributed by atoms with Crippen molar-refractivity contribution in [3.63, 3.8) is 0 Å². The lowest BCUT2D eigenvalue weighted by molar-refractivity contribution is 0.398. The summed E-state index contributed by atoms with van der Waals surface area (Å²) in [5, 5.41) is 9.26. The number of aliphatic hydroxyl groups is 1. The van der Waals surface area contributed by atoms with Crippen molar-refractivity contribution >= 4 is 23.2 Å². The topological polar surface area (TPSA) is 46.2 Å². The first-order valence-corrected chi connectivity index (χ1v) is 4.64. The first-order valence-electron chi connectivity index (χ1n) is 3.82. The molecule has 72 valence electrons. The van der Waals surface area contributed by atoms with Crippen LogP contribution in [0.2, 0.25) is 0 Å². The molecule has 0 aromatic heterocycles. The fraction of sp³-hybridized carbons (Fsp3) is 0.333. The first kappa shape index (κ1) is 10.5. The summed E-state index contributed by atoms with van der Waals surface area (Å²) in [4.78, 5) is 0. The minimum absolute atomic E-state index is 0.0415. The molecule has 0 aromatic carbocycles. The monoisotopic (exact) mass is 219 g/mol. The van der Waals surface area contributed by atoms with E-state index in [-0.39, 0.29) is 5.76 Å². The molecule has 0 heterocycles. The van der Waals surface area contributed by atoms with E-state index >= 15 is 0 Å². The summed E-state index contributed by atoms with van der Waals surface area (Å²) in [6.45, 7) is 3.75. The molecule has 13 heavy (non-hydrogen) atoms. The van der Waals surface area contributed by atoms with Crippen molar-refractivity contribution in [3.05, 3.63) is 33.7 Å². The van der Waals surface area contributed by atoms with Gasteiger partial charge in [0.25, 0.3) is 0 Å². The van der Waals surface area contributed by atoms with Crippen LogP contribution in [0.1, 0.15) is 13.8 Å². The van der Waals surface area contributed by atoms with E-state index in [1.54, 1.807) is 0 Å². The average Bonchev–Trinajstić information content (AvgIpc) is 2.01. The van der Waals surface area contributed by atoms with Gasteiger partial charge in [-0.3, -0.25) is 0 Å². The Bertz CT molecular complexity index is 325. The van der Waals surface area contributed by atoms with Crippen molar-refractivity contribution < 1.29 is 5.11 Å². The summed E-state index contributed by atoms with van der Waals surface area (Å²) in [5.41, 5.74) is 7.58. The molecule has 4 heteroatoms. The molecule has 0 fully saturated rings. The molecule has 1 atom stereocenters. The lowest BCUT2D eigenvalue weighted by Gasteiger charge is -2.20. The summed E-state index contributed by atoms with van der Waals surface area (Å²) in [7, 11) is 0. The molecule has 1 unspecified atom stereocenters. The van der Waals surface area contributed by atoms with Crippen molar-refractivity contribution in [3.8, 4) is 0 Å². The Morgan fingerprint density at radius 1 is 1.54 bits per heavy atom. The van der Waals surface area contributed by atoms with E-state index in [2.05, 4.69) is 0 Å². The van der Waals surface area contributed by atoms with Gasteiger partial charge in [0.1, 0.15) is 11.1 Å². The van der Waals surface area contributed by atoms with Gasteiger partial charge in [0.15, 0.2) is 0 Å². The molecule has 1 rings (SSSR count). The van der Waals surface area contributed by atoms with Crippen LogP contribution in [0, 0.1) is 0 Å². The fourth-order valence-electron chi connectivity index (χ4n) is 1.18. The molecule has 0 amide bonds. The summed E-state index contributed by atoms with van der Waals surface area (Å²) in [6.07, 6.45) is 1.38. The molecule has 0 saturated heterocycles. The summed E-state index contributed by atoms with van der Waals surface area (Å²) >= 11 is 11.9. The molecule has 1 aliphatic carbocycles. The van der Waals surface area contributed by atoms with Crippen molar-refractivity contribution in [1.29, 1.82) is 0 Å². The Morgan fingerprint density at radius 2 is 2.08 bits per heavy atom. The molecule has 0 aromatic rings. The molecule has 2 nitrogen and oxygen atoms in total. The minimum Gasteiger partial charge on any atom is -0.510 e. The molecule has 1 aliphatic rings. The van der Waals surface area contributed by atoms with Gasteiger partial charge in [-0.1, -0.05) is 17.2 Å². The molecule has 0 saturated carbocycles. The van der Waals surface area contributed by atoms with E-state index in [0.717, 1.165) is 5.57 Å². The van der Waals surface area contributed by atoms with Crippen LogP contribution in [-0.4, -0.2) is 10.5 Å². The first-order chi connectivity index (χ1) is 5.95.